The van der Waals surface area contributed by atoms with Crippen molar-refractivity contribution in [3.63, 3.8) is 0 Å². The number of aliphatic hydroxyl groups is 3. The van der Waals surface area contributed by atoms with E-state index in [2.05, 4.69) is 4.98 Å². The first-order valence-corrected chi connectivity index (χ1v) is 6.64. The van der Waals surface area contributed by atoms with Gasteiger partial charge in [0, 0.05) is 12.1 Å². The molecule has 1 saturated heterocycles. The summed E-state index contributed by atoms with van der Waals surface area (Å²) in [5.74, 6) is 0. The second kappa shape index (κ2) is 4.99. The predicted molar refractivity (Wildman–Crippen MR) is 74.0 cm³/mol. The highest BCUT2D eigenvalue weighted by Crippen LogP contribution is 2.39. The topological polar surface area (TPSA) is 131 Å². The third-order valence-electron chi connectivity index (χ3n) is 3.96. The first kappa shape index (κ1) is 14.9. The van der Waals surface area contributed by atoms with E-state index in [4.69, 9.17) is 4.74 Å². The van der Waals surface area contributed by atoms with Gasteiger partial charge < -0.3 is 24.6 Å². The lowest BCUT2D eigenvalue weighted by Gasteiger charge is -2.27. The van der Waals surface area contributed by atoms with Crippen LogP contribution in [-0.2, 0) is 4.74 Å². The average Bonchev–Trinajstić information content (AvgIpc) is 2.98. The van der Waals surface area contributed by atoms with Crippen molar-refractivity contribution in [3.05, 3.63) is 34.6 Å². The maximum absolute atomic E-state index is 10.9. The third kappa shape index (κ3) is 2.06. The molecule has 2 heterocycles. The Labute approximate surface area is 124 Å². The molecule has 0 radical (unpaired) electrons. The molecule has 0 saturated carbocycles. The molecule has 3 N–H and O–H groups in total. The van der Waals surface area contributed by atoms with E-state index < -0.39 is 35.6 Å². The number of ether oxygens (including phenoxy) is 1. The fraction of sp³-hybridized carbons (Fsp3) is 0.462. The van der Waals surface area contributed by atoms with Crippen LogP contribution in [0.2, 0.25) is 0 Å². The van der Waals surface area contributed by atoms with Crippen LogP contribution < -0.4 is 0 Å². The van der Waals surface area contributed by atoms with Crippen molar-refractivity contribution in [2.24, 2.45) is 0 Å². The number of imidazole rings is 1. The Kier molecular flexibility index (Phi) is 3.37. The maximum Gasteiger partial charge on any atom is 0.271 e. The quantitative estimate of drug-likeness (QED) is 0.535. The van der Waals surface area contributed by atoms with E-state index in [1.165, 1.54) is 36.0 Å². The summed E-state index contributed by atoms with van der Waals surface area (Å²) in [4.78, 5) is 14.5. The van der Waals surface area contributed by atoms with Crippen LogP contribution in [-0.4, -0.2) is 54.2 Å². The van der Waals surface area contributed by atoms with Crippen molar-refractivity contribution in [1.82, 2.24) is 9.55 Å². The van der Waals surface area contributed by atoms with Crippen LogP contribution in [0.5, 0.6) is 0 Å². The minimum absolute atomic E-state index is 0.119. The highest BCUT2D eigenvalue weighted by Gasteiger charge is 2.53. The molecule has 1 aliphatic rings. The highest BCUT2D eigenvalue weighted by molar-refractivity contribution is 5.78. The van der Waals surface area contributed by atoms with Crippen LogP contribution in [0.25, 0.3) is 11.0 Å². The van der Waals surface area contributed by atoms with Gasteiger partial charge in [0.1, 0.15) is 17.8 Å². The zero-order chi connectivity index (χ0) is 16.1. The Hall–Kier alpha value is -2.07. The van der Waals surface area contributed by atoms with Crippen LogP contribution in [0.1, 0.15) is 13.2 Å². The second-order valence-electron chi connectivity index (χ2n) is 5.46. The molecule has 22 heavy (non-hydrogen) atoms. The Balaban J connectivity index is 2.10. The molecule has 4 atom stereocenters. The summed E-state index contributed by atoms with van der Waals surface area (Å²) in [6.07, 6.45) is -1.89. The van der Waals surface area contributed by atoms with Crippen molar-refractivity contribution >= 4 is 16.7 Å². The van der Waals surface area contributed by atoms with Gasteiger partial charge in [0.15, 0.2) is 6.23 Å². The Morgan fingerprint density at radius 1 is 1.55 bits per heavy atom. The summed E-state index contributed by atoms with van der Waals surface area (Å²) >= 11 is 0. The van der Waals surface area contributed by atoms with Gasteiger partial charge >= 0.3 is 0 Å². The number of nitro benzene ring substituents is 1. The molecule has 2 aromatic rings. The van der Waals surface area contributed by atoms with Gasteiger partial charge in [0.05, 0.1) is 28.9 Å². The third-order valence-corrected chi connectivity index (χ3v) is 3.96. The van der Waals surface area contributed by atoms with Crippen molar-refractivity contribution in [3.8, 4) is 0 Å². The van der Waals surface area contributed by atoms with E-state index in [1.807, 2.05) is 0 Å². The van der Waals surface area contributed by atoms with Gasteiger partial charge in [-0.2, -0.15) is 0 Å². The van der Waals surface area contributed by atoms with Crippen LogP contribution in [0.15, 0.2) is 24.5 Å². The van der Waals surface area contributed by atoms with E-state index >= 15 is 0 Å². The summed E-state index contributed by atoms with van der Waals surface area (Å²) in [7, 11) is 0. The minimum atomic E-state index is -1.67. The highest BCUT2D eigenvalue weighted by atomic mass is 16.6. The van der Waals surface area contributed by atoms with Gasteiger partial charge in [-0.25, -0.2) is 4.98 Å². The van der Waals surface area contributed by atoms with Crippen molar-refractivity contribution in [2.45, 2.75) is 31.0 Å². The largest absolute Gasteiger partial charge is 0.394 e. The molecule has 9 heteroatoms. The number of aliphatic hydroxyl groups excluding tert-OH is 2. The van der Waals surface area contributed by atoms with Crippen LogP contribution >= 0.6 is 0 Å². The fourth-order valence-electron chi connectivity index (χ4n) is 2.71. The Morgan fingerprint density at radius 3 is 2.86 bits per heavy atom. The lowest BCUT2D eigenvalue weighted by atomic mass is 9.96. The fourth-order valence-corrected chi connectivity index (χ4v) is 2.71. The smallest absolute Gasteiger partial charge is 0.271 e. The van der Waals surface area contributed by atoms with E-state index in [1.54, 1.807) is 0 Å². The average molecular weight is 309 g/mol. The lowest BCUT2D eigenvalue weighted by molar-refractivity contribution is -0.384. The molecule has 1 aromatic heterocycles. The molecule has 0 bridgehead atoms. The van der Waals surface area contributed by atoms with Crippen molar-refractivity contribution < 1.29 is 25.0 Å². The van der Waals surface area contributed by atoms with Gasteiger partial charge in [-0.05, 0) is 13.0 Å². The molecular formula is C13H15N3O6. The number of rotatable bonds is 3. The van der Waals surface area contributed by atoms with Gasteiger partial charge in [-0.15, -0.1) is 0 Å². The monoisotopic (exact) mass is 309 g/mol. The standard InChI is InChI=1S/C13H15N3O6/c1-13(19)11(18)10(5-17)22-12(13)15-6-14-8-3-2-7(16(20)21)4-9(8)15/h2-4,6,10-12,17-19H,5H2,1H3/t10-,11-,12-,13-/m1/s1. The lowest BCUT2D eigenvalue weighted by Crippen LogP contribution is -2.44. The number of benzene rings is 1. The molecule has 1 fully saturated rings. The molecule has 118 valence electrons. The molecule has 1 aromatic carbocycles. The normalized spacial score (nSPS) is 31.7. The van der Waals surface area contributed by atoms with E-state index in [0.717, 1.165) is 0 Å². The second-order valence-corrected chi connectivity index (χ2v) is 5.46. The molecule has 1 aliphatic heterocycles. The Bertz CT molecular complexity index is 728. The van der Waals surface area contributed by atoms with Gasteiger partial charge in [-0.1, -0.05) is 0 Å². The Morgan fingerprint density at radius 2 is 2.27 bits per heavy atom. The molecule has 0 spiro atoms. The number of hydrogen-bond donors (Lipinski definition) is 3. The zero-order valence-electron chi connectivity index (χ0n) is 11.7. The number of nitrogens with zero attached hydrogens (tertiary/aromatic N) is 3. The van der Waals surface area contributed by atoms with Gasteiger partial charge in [-0.3, -0.25) is 10.1 Å². The molecule has 0 aliphatic carbocycles. The first-order valence-electron chi connectivity index (χ1n) is 6.64. The summed E-state index contributed by atoms with van der Waals surface area (Å²) in [5.41, 5.74) is -0.908. The number of nitro groups is 1. The SMILES string of the molecule is C[C@@]1(O)[C@H](O)[C@@H](CO)O[C@H]1n1cnc2ccc([N+](=O)[O-])cc21. The van der Waals surface area contributed by atoms with E-state index in [-0.39, 0.29) is 5.69 Å². The minimum Gasteiger partial charge on any atom is -0.394 e. The molecule has 0 amide bonds. The number of aromatic nitrogens is 2. The number of non-ortho nitro benzene ring substituents is 1. The van der Waals surface area contributed by atoms with E-state index in [9.17, 15) is 25.4 Å². The summed E-state index contributed by atoms with van der Waals surface area (Å²) in [5, 5.41) is 40.6. The van der Waals surface area contributed by atoms with E-state index in [0.29, 0.717) is 11.0 Å². The molecule has 9 nitrogen and oxygen atoms in total. The summed E-state index contributed by atoms with van der Waals surface area (Å²) in [6, 6.07) is 4.15. The summed E-state index contributed by atoms with van der Waals surface area (Å²) < 4.78 is 6.91. The zero-order valence-corrected chi connectivity index (χ0v) is 11.7. The maximum atomic E-state index is 10.9. The molecule has 3 rings (SSSR count). The van der Waals surface area contributed by atoms with Crippen molar-refractivity contribution in [2.75, 3.05) is 6.61 Å². The molecule has 0 unspecified atom stereocenters. The number of fused-ring (bicyclic) bond motifs is 1. The van der Waals surface area contributed by atoms with Gasteiger partial charge in [0.25, 0.3) is 5.69 Å². The van der Waals surface area contributed by atoms with Gasteiger partial charge in [0.2, 0.25) is 0 Å². The molecular weight excluding hydrogens is 294 g/mol. The van der Waals surface area contributed by atoms with Crippen LogP contribution in [0.4, 0.5) is 5.69 Å². The summed E-state index contributed by atoms with van der Waals surface area (Å²) in [6.45, 7) is 0.918. The van der Waals surface area contributed by atoms with Crippen LogP contribution in [0, 0.1) is 10.1 Å². The predicted octanol–water partition coefficient (Wildman–Crippen LogP) is -0.0539. The van der Waals surface area contributed by atoms with Crippen molar-refractivity contribution in [1.29, 1.82) is 0 Å². The van der Waals surface area contributed by atoms with Crippen LogP contribution in [0.3, 0.4) is 0 Å². The first-order chi connectivity index (χ1) is 10.4. The number of hydrogen-bond acceptors (Lipinski definition) is 7.